The quantitative estimate of drug-likeness (QED) is 0.782. The summed E-state index contributed by atoms with van der Waals surface area (Å²) in [5, 5.41) is 5.65. The standard InChI is InChI=1S/C14H19N3O2.ClH/c1-9(7-15)8-16-14(19)11-6-13(18)17-12-5-3-2-4-10(11)12;/h2-5,9,11H,6-8,15H2,1H3,(H,16,19)(H,17,18);1H. The van der Waals surface area contributed by atoms with E-state index in [1.807, 2.05) is 31.2 Å². The summed E-state index contributed by atoms with van der Waals surface area (Å²) in [7, 11) is 0. The van der Waals surface area contributed by atoms with Crippen LogP contribution in [0.25, 0.3) is 0 Å². The van der Waals surface area contributed by atoms with E-state index in [0.29, 0.717) is 13.1 Å². The van der Waals surface area contributed by atoms with Crippen LogP contribution in [0.15, 0.2) is 24.3 Å². The molecule has 0 aromatic heterocycles. The molecule has 2 amide bonds. The minimum Gasteiger partial charge on any atom is -0.355 e. The number of carbonyl (C=O) groups excluding carboxylic acids is 2. The Morgan fingerprint density at radius 1 is 1.50 bits per heavy atom. The molecule has 2 rings (SSSR count). The van der Waals surface area contributed by atoms with E-state index in [4.69, 9.17) is 5.73 Å². The Morgan fingerprint density at radius 3 is 2.90 bits per heavy atom. The molecule has 0 aliphatic carbocycles. The molecule has 0 spiro atoms. The second kappa shape index (κ2) is 7.26. The normalized spacial score (nSPS) is 18.3. The van der Waals surface area contributed by atoms with Gasteiger partial charge in [0, 0.05) is 18.7 Å². The van der Waals surface area contributed by atoms with E-state index in [1.54, 1.807) is 0 Å². The van der Waals surface area contributed by atoms with Crippen molar-refractivity contribution in [3.63, 3.8) is 0 Å². The Labute approximate surface area is 124 Å². The van der Waals surface area contributed by atoms with Gasteiger partial charge in [0.2, 0.25) is 11.8 Å². The SMILES string of the molecule is CC(CN)CNC(=O)C1CC(=O)Nc2ccccc21.Cl. The average molecular weight is 298 g/mol. The van der Waals surface area contributed by atoms with Crippen LogP contribution in [0.5, 0.6) is 0 Å². The maximum absolute atomic E-state index is 12.2. The van der Waals surface area contributed by atoms with Crippen molar-refractivity contribution in [3.05, 3.63) is 29.8 Å². The number of nitrogens with one attached hydrogen (secondary N) is 2. The Hall–Kier alpha value is -1.59. The third-order valence-corrected chi connectivity index (χ3v) is 3.34. The fourth-order valence-electron chi connectivity index (χ4n) is 2.13. The highest BCUT2D eigenvalue weighted by atomic mass is 35.5. The first-order valence-electron chi connectivity index (χ1n) is 6.48. The molecule has 0 radical (unpaired) electrons. The number of amides is 2. The van der Waals surface area contributed by atoms with Crippen molar-refractivity contribution in [3.8, 4) is 0 Å². The summed E-state index contributed by atoms with van der Waals surface area (Å²) in [5.41, 5.74) is 7.12. The van der Waals surface area contributed by atoms with Gasteiger partial charge in [-0.3, -0.25) is 9.59 Å². The fourth-order valence-corrected chi connectivity index (χ4v) is 2.13. The van der Waals surface area contributed by atoms with Crippen molar-refractivity contribution in [1.82, 2.24) is 5.32 Å². The first-order valence-corrected chi connectivity index (χ1v) is 6.48. The molecule has 0 fully saturated rings. The van der Waals surface area contributed by atoms with E-state index in [1.165, 1.54) is 0 Å². The van der Waals surface area contributed by atoms with Crippen LogP contribution >= 0.6 is 12.4 Å². The summed E-state index contributed by atoms with van der Waals surface area (Å²) in [5.74, 6) is -0.403. The van der Waals surface area contributed by atoms with Gasteiger partial charge in [0.15, 0.2) is 0 Å². The maximum Gasteiger partial charge on any atom is 0.228 e. The number of anilines is 1. The van der Waals surface area contributed by atoms with Gasteiger partial charge in [-0.2, -0.15) is 0 Å². The molecule has 20 heavy (non-hydrogen) atoms. The third-order valence-electron chi connectivity index (χ3n) is 3.34. The number of para-hydroxylation sites is 1. The number of rotatable bonds is 4. The summed E-state index contributed by atoms with van der Waals surface area (Å²) in [6.45, 7) is 3.04. The smallest absolute Gasteiger partial charge is 0.228 e. The molecule has 1 aliphatic heterocycles. The monoisotopic (exact) mass is 297 g/mol. The fraction of sp³-hybridized carbons (Fsp3) is 0.429. The Balaban J connectivity index is 0.00000200. The zero-order valence-corrected chi connectivity index (χ0v) is 12.2. The predicted molar refractivity (Wildman–Crippen MR) is 80.9 cm³/mol. The van der Waals surface area contributed by atoms with Gasteiger partial charge in [-0.1, -0.05) is 25.1 Å². The van der Waals surface area contributed by atoms with Crippen molar-refractivity contribution in [2.24, 2.45) is 11.7 Å². The lowest BCUT2D eigenvalue weighted by molar-refractivity contribution is -0.126. The molecule has 4 N–H and O–H groups in total. The lowest BCUT2D eigenvalue weighted by Crippen LogP contribution is -2.38. The van der Waals surface area contributed by atoms with Gasteiger partial charge in [-0.05, 0) is 24.1 Å². The van der Waals surface area contributed by atoms with Crippen LogP contribution in [0.2, 0.25) is 0 Å². The Morgan fingerprint density at radius 2 is 2.20 bits per heavy atom. The first kappa shape index (κ1) is 16.5. The summed E-state index contributed by atoms with van der Waals surface area (Å²) >= 11 is 0. The summed E-state index contributed by atoms with van der Waals surface area (Å²) in [4.78, 5) is 23.8. The molecule has 2 atom stereocenters. The largest absolute Gasteiger partial charge is 0.355 e. The van der Waals surface area contributed by atoms with Crippen LogP contribution in [-0.2, 0) is 9.59 Å². The first-order chi connectivity index (χ1) is 9.11. The van der Waals surface area contributed by atoms with Gasteiger partial charge in [-0.25, -0.2) is 0 Å². The second-order valence-electron chi connectivity index (χ2n) is 4.98. The number of fused-ring (bicyclic) bond motifs is 1. The summed E-state index contributed by atoms with van der Waals surface area (Å²) < 4.78 is 0. The highest BCUT2D eigenvalue weighted by Gasteiger charge is 2.30. The summed E-state index contributed by atoms with van der Waals surface area (Å²) in [6, 6.07) is 7.41. The van der Waals surface area contributed by atoms with E-state index in [-0.39, 0.29) is 36.6 Å². The highest BCUT2D eigenvalue weighted by molar-refractivity contribution is 6.01. The Bertz CT molecular complexity index is 493. The number of hydrogen-bond acceptors (Lipinski definition) is 3. The molecule has 1 aromatic rings. The molecular weight excluding hydrogens is 278 g/mol. The molecule has 1 heterocycles. The molecule has 6 heteroatoms. The van der Waals surface area contributed by atoms with E-state index in [9.17, 15) is 9.59 Å². The van der Waals surface area contributed by atoms with Crippen LogP contribution in [0.1, 0.15) is 24.8 Å². The van der Waals surface area contributed by atoms with Gasteiger partial charge >= 0.3 is 0 Å². The molecule has 1 aliphatic rings. The van der Waals surface area contributed by atoms with Crippen molar-refractivity contribution < 1.29 is 9.59 Å². The number of nitrogens with two attached hydrogens (primary N) is 1. The number of carbonyl (C=O) groups is 2. The van der Waals surface area contributed by atoms with Crippen molar-refractivity contribution in [2.75, 3.05) is 18.4 Å². The molecule has 5 nitrogen and oxygen atoms in total. The van der Waals surface area contributed by atoms with Gasteiger partial charge in [0.25, 0.3) is 0 Å². The van der Waals surface area contributed by atoms with E-state index in [0.717, 1.165) is 11.3 Å². The topological polar surface area (TPSA) is 84.2 Å². The molecule has 2 unspecified atom stereocenters. The second-order valence-corrected chi connectivity index (χ2v) is 4.98. The van der Waals surface area contributed by atoms with Gasteiger partial charge in [0.05, 0.1) is 5.92 Å². The zero-order chi connectivity index (χ0) is 13.8. The highest BCUT2D eigenvalue weighted by Crippen LogP contribution is 2.31. The van der Waals surface area contributed by atoms with Crippen LogP contribution in [0.3, 0.4) is 0 Å². The van der Waals surface area contributed by atoms with E-state index < -0.39 is 5.92 Å². The van der Waals surface area contributed by atoms with Gasteiger partial charge in [-0.15, -0.1) is 12.4 Å². The van der Waals surface area contributed by atoms with Crippen LogP contribution in [-0.4, -0.2) is 24.9 Å². The predicted octanol–water partition coefficient (Wildman–Crippen LogP) is 1.25. The van der Waals surface area contributed by atoms with E-state index in [2.05, 4.69) is 10.6 Å². The molecule has 0 saturated heterocycles. The van der Waals surface area contributed by atoms with Crippen molar-refractivity contribution in [1.29, 1.82) is 0 Å². The van der Waals surface area contributed by atoms with Crippen LogP contribution in [0, 0.1) is 5.92 Å². The number of benzene rings is 1. The lowest BCUT2D eigenvalue weighted by Gasteiger charge is -2.25. The van der Waals surface area contributed by atoms with Gasteiger partial charge in [0.1, 0.15) is 0 Å². The van der Waals surface area contributed by atoms with Crippen molar-refractivity contribution >= 4 is 29.9 Å². The molecule has 0 saturated carbocycles. The zero-order valence-electron chi connectivity index (χ0n) is 11.4. The molecular formula is C14H20ClN3O2. The summed E-state index contributed by atoms with van der Waals surface area (Å²) in [6.07, 6.45) is 0.194. The minimum atomic E-state index is -0.407. The van der Waals surface area contributed by atoms with Crippen LogP contribution in [0.4, 0.5) is 5.69 Å². The number of halogens is 1. The van der Waals surface area contributed by atoms with E-state index >= 15 is 0 Å². The van der Waals surface area contributed by atoms with Crippen LogP contribution < -0.4 is 16.4 Å². The molecule has 1 aromatic carbocycles. The maximum atomic E-state index is 12.2. The van der Waals surface area contributed by atoms with Crippen molar-refractivity contribution in [2.45, 2.75) is 19.3 Å². The van der Waals surface area contributed by atoms with Gasteiger partial charge < -0.3 is 16.4 Å². The molecule has 0 bridgehead atoms. The lowest BCUT2D eigenvalue weighted by atomic mass is 9.89. The Kier molecular flexibility index (Phi) is 5.98. The molecule has 110 valence electrons. The minimum absolute atomic E-state index is 0. The number of hydrogen-bond donors (Lipinski definition) is 3. The third kappa shape index (κ3) is 3.71. The average Bonchev–Trinajstić information content (AvgIpc) is 2.43.